The highest BCUT2D eigenvalue weighted by atomic mass is 16.5. The second-order valence-corrected chi connectivity index (χ2v) is 9.00. The third kappa shape index (κ3) is 5.81. The molecule has 4 rings (SSSR count). The van der Waals surface area contributed by atoms with Gasteiger partial charge in [0.05, 0.1) is 23.9 Å². The van der Waals surface area contributed by atoms with E-state index in [9.17, 15) is 10.2 Å². The first-order valence-electron chi connectivity index (χ1n) is 11.9. The van der Waals surface area contributed by atoms with Crippen molar-refractivity contribution in [3.8, 4) is 23.0 Å². The minimum atomic E-state index is -0.730. The maximum atomic E-state index is 10.9. The second-order valence-electron chi connectivity index (χ2n) is 9.00. The molecule has 0 fully saturated rings. The molecular weight excluding hydrogens is 484 g/mol. The molecule has 38 heavy (non-hydrogen) atoms. The number of phenolic OH excluding ortho intramolecular Hbond substituents is 2. The lowest BCUT2D eigenvalue weighted by Crippen LogP contribution is -2.29. The van der Waals surface area contributed by atoms with Crippen molar-refractivity contribution in [2.24, 2.45) is 0 Å². The van der Waals surface area contributed by atoms with E-state index >= 15 is 0 Å². The number of hydrogen-bond donors (Lipinski definition) is 8. The minimum Gasteiger partial charge on any atom is -0.508 e. The number of nitrogens with two attached hydrogens (primary N) is 6. The third-order valence-electron chi connectivity index (χ3n) is 6.15. The van der Waals surface area contributed by atoms with Crippen LogP contribution < -0.4 is 43.9 Å². The normalized spacial score (nSPS) is 11.8. The standard InChI is InChI=1S/C28H32N6O4/c29-15-1-5-23(35)19(11-15)28(20-12-16(30)2-6-24(20)36)27(38-26-8-4-18(32)14-22(26)34)9-10-37-25-7-3-17(31)13-21(25)33/h1-8,11-14,27-28,35-36H,9-10,29-34H2. The van der Waals surface area contributed by atoms with Crippen LogP contribution in [0, 0.1) is 0 Å². The maximum Gasteiger partial charge on any atom is 0.142 e. The van der Waals surface area contributed by atoms with Gasteiger partial charge in [-0.25, -0.2) is 0 Å². The summed E-state index contributed by atoms with van der Waals surface area (Å²) < 4.78 is 12.4. The molecule has 0 heterocycles. The van der Waals surface area contributed by atoms with Crippen LogP contribution in [-0.2, 0) is 0 Å². The summed E-state index contributed by atoms with van der Waals surface area (Å²) in [6, 6.07) is 19.3. The van der Waals surface area contributed by atoms with Crippen LogP contribution in [0.2, 0.25) is 0 Å². The van der Waals surface area contributed by atoms with Gasteiger partial charge in [-0.1, -0.05) is 0 Å². The molecule has 198 valence electrons. The number of benzene rings is 4. The van der Waals surface area contributed by atoms with Gasteiger partial charge in [0.2, 0.25) is 0 Å². The Bertz CT molecular complexity index is 1390. The van der Waals surface area contributed by atoms with Crippen LogP contribution in [0.1, 0.15) is 23.5 Å². The van der Waals surface area contributed by atoms with Crippen LogP contribution in [-0.4, -0.2) is 22.9 Å². The number of hydrogen-bond acceptors (Lipinski definition) is 10. The molecule has 1 unspecified atom stereocenters. The Morgan fingerprint density at radius 2 is 1.03 bits per heavy atom. The summed E-state index contributed by atoms with van der Waals surface area (Å²) in [5, 5.41) is 21.7. The monoisotopic (exact) mass is 516 g/mol. The Labute approximate surface area is 220 Å². The lowest BCUT2D eigenvalue weighted by atomic mass is 9.83. The van der Waals surface area contributed by atoms with E-state index in [1.165, 1.54) is 12.1 Å². The zero-order valence-corrected chi connectivity index (χ0v) is 20.7. The molecule has 10 nitrogen and oxygen atoms in total. The predicted molar refractivity (Wildman–Crippen MR) is 152 cm³/mol. The van der Waals surface area contributed by atoms with E-state index in [1.807, 2.05) is 0 Å². The Balaban J connectivity index is 1.78. The average molecular weight is 517 g/mol. The molecule has 0 aromatic heterocycles. The third-order valence-corrected chi connectivity index (χ3v) is 6.15. The number of aromatic hydroxyl groups is 2. The van der Waals surface area contributed by atoms with Gasteiger partial charge < -0.3 is 54.1 Å². The summed E-state index contributed by atoms with van der Waals surface area (Å²) in [7, 11) is 0. The molecule has 4 aromatic rings. The summed E-state index contributed by atoms with van der Waals surface area (Å²) in [4.78, 5) is 0. The van der Waals surface area contributed by atoms with Crippen LogP contribution >= 0.6 is 0 Å². The number of ether oxygens (including phenoxy) is 2. The second kappa shape index (κ2) is 10.9. The summed E-state index contributed by atoms with van der Waals surface area (Å²) in [5.74, 6) is 0.0293. The number of rotatable bonds is 9. The van der Waals surface area contributed by atoms with Crippen LogP contribution in [0.3, 0.4) is 0 Å². The molecule has 0 aliphatic rings. The van der Waals surface area contributed by atoms with Crippen molar-refractivity contribution >= 4 is 34.1 Å². The SMILES string of the molecule is Nc1ccc(OCCC(Oc2ccc(N)cc2N)C(c2cc(N)ccc2O)c2cc(N)ccc2O)c(N)c1. The molecule has 0 saturated heterocycles. The van der Waals surface area contributed by atoms with Gasteiger partial charge in [0.1, 0.15) is 29.1 Å². The van der Waals surface area contributed by atoms with Gasteiger partial charge >= 0.3 is 0 Å². The van der Waals surface area contributed by atoms with Gasteiger partial charge in [0.25, 0.3) is 0 Å². The van der Waals surface area contributed by atoms with Crippen molar-refractivity contribution in [3.05, 3.63) is 83.9 Å². The van der Waals surface area contributed by atoms with Crippen molar-refractivity contribution in [3.63, 3.8) is 0 Å². The quantitative estimate of drug-likeness (QED) is 0.119. The van der Waals surface area contributed by atoms with Crippen molar-refractivity contribution in [1.29, 1.82) is 0 Å². The smallest absolute Gasteiger partial charge is 0.142 e. The Morgan fingerprint density at radius 3 is 1.53 bits per heavy atom. The molecule has 0 saturated carbocycles. The van der Waals surface area contributed by atoms with Crippen LogP contribution in [0.4, 0.5) is 34.1 Å². The van der Waals surface area contributed by atoms with E-state index in [-0.39, 0.29) is 24.5 Å². The van der Waals surface area contributed by atoms with Crippen LogP contribution in [0.5, 0.6) is 23.0 Å². The first-order chi connectivity index (χ1) is 18.1. The zero-order valence-electron chi connectivity index (χ0n) is 20.7. The predicted octanol–water partition coefficient (Wildman–Crippen LogP) is 3.64. The average Bonchev–Trinajstić information content (AvgIpc) is 2.86. The van der Waals surface area contributed by atoms with E-state index in [0.29, 0.717) is 56.8 Å². The molecule has 0 spiro atoms. The first-order valence-corrected chi connectivity index (χ1v) is 11.9. The van der Waals surface area contributed by atoms with Crippen molar-refractivity contribution in [2.75, 3.05) is 41.0 Å². The fraction of sp³-hybridized carbons (Fsp3) is 0.143. The molecule has 4 aromatic carbocycles. The van der Waals surface area contributed by atoms with Crippen molar-refractivity contribution in [1.82, 2.24) is 0 Å². The zero-order chi connectivity index (χ0) is 27.4. The maximum absolute atomic E-state index is 10.9. The first kappa shape index (κ1) is 26.0. The van der Waals surface area contributed by atoms with Gasteiger partial charge in [0.15, 0.2) is 0 Å². The highest BCUT2D eigenvalue weighted by Gasteiger charge is 2.32. The fourth-order valence-corrected chi connectivity index (χ4v) is 4.33. The molecule has 0 amide bonds. The summed E-state index contributed by atoms with van der Waals surface area (Å²) in [6.45, 7) is 0.163. The largest absolute Gasteiger partial charge is 0.508 e. The van der Waals surface area contributed by atoms with E-state index in [1.54, 1.807) is 60.7 Å². The molecule has 1 atom stereocenters. The Hall–Kier alpha value is -5.12. The number of nitrogen functional groups attached to an aromatic ring is 6. The molecule has 0 bridgehead atoms. The van der Waals surface area contributed by atoms with Gasteiger partial charge in [-0.15, -0.1) is 0 Å². The molecule has 0 aliphatic carbocycles. The minimum absolute atomic E-state index is 0.0337. The van der Waals surface area contributed by atoms with Crippen LogP contribution in [0.25, 0.3) is 0 Å². The van der Waals surface area contributed by atoms with Gasteiger partial charge in [0, 0.05) is 40.3 Å². The van der Waals surface area contributed by atoms with Crippen molar-refractivity contribution in [2.45, 2.75) is 18.4 Å². The highest BCUT2D eigenvalue weighted by Crippen LogP contribution is 2.42. The molecular formula is C28H32N6O4. The lowest BCUT2D eigenvalue weighted by Gasteiger charge is -2.30. The molecule has 0 aliphatic heterocycles. The number of phenols is 2. The Kier molecular flexibility index (Phi) is 7.43. The van der Waals surface area contributed by atoms with E-state index in [0.717, 1.165) is 0 Å². The molecule has 14 N–H and O–H groups in total. The fourth-order valence-electron chi connectivity index (χ4n) is 4.33. The van der Waals surface area contributed by atoms with E-state index in [4.69, 9.17) is 43.9 Å². The highest BCUT2D eigenvalue weighted by molar-refractivity contribution is 5.62. The topological polar surface area (TPSA) is 215 Å². The number of anilines is 6. The van der Waals surface area contributed by atoms with Gasteiger partial charge in [-0.3, -0.25) is 0 Å². The van der Waals surface area contributed by atoms with Gasteiger partial charge in [-0.05, 0) is 72.8 Å². The molecule has 0 radical (unpaired) electrons. The summed E-state index contributed by atoms with van der Waals surface area (Å²) in [6.07, 6.45) is -0.447. The van der Waals surface area contributed by atoms with Gasteiger partial charge in [-0.2, -0.15) is 0 Å². The molecule has 10 heteroatoms. The Morgan fingerprint density at radius 1 is 0.579 bits per heavy atom. The lowest BCUT2D eigenvalue weighted by molar-refractivity contribution is 0.145. The van der Waals surface area contributed by atoms with Crippen molar-refractivity contribution < 1.29 is 19.7 Å². The summed E-state index contributed by atoms with van der Waals surface area (Å²) in [5.41, 5.74) is 39.5. The summed E-state index contributed by atoms with van der Waals surface area (Å²) >= 11 is 0. The van der Waals surface area contributed by atoms with Crippen LogP contribution in [0.15, 0.2) is 72.8 Å². The van der Waals surface area contributed by atoms with E-state index < -0.39 is 12.0 Å². The van der Waals surface area contributed by atoms with E-state index in [2.05, 4.69) is 0 Å².